The zero-order valence-electron chi connectivity index (χ0n) is 17.0. The molecule has 0 saturated heterocycles. The van der Waals surface area contributed by atoms with E-state index in [1.54, 1.807) is 0 Å². The fraction of sp³-hybridized carbons (Fsp3) is 0.316. The van der Waals surface area contributed by atoms with Gasteiger partial charge in [0.05, 0.1) is 29.5 Å². The van der Waals surface area contributed by atoms with E-state index in [0.29, 0.717) is 12.8 Å². The van der Waals surface area contributed by atoms with Crippen molar-refractivity contribution < 1.29 is 69.3 Å². The van der Waals surface area contributed by atoms with Crippen molar-refractivity contribution in [3.8, 4) is 0 Å². The molecule has 1 rings (SSSR count). The van der Waals surface area contributed by atoms with Crippen molar-refractivity contribution in [2.45, 2.75) is 38.5 Å². The fourth-order valence-electron chi connectivity index (χ4n) is 1.81. The van der Waals surface area contributed by atoms with Gasteiger partial charge in [-0.25, -0.2) is 14.4 Å². The maximum absolute atomic E-state index is 10.6. The maximum Gasteiger partial charge on any atom is 0.336 e. The molecule has 1 aromatic carbocycles. The first-order valence-electron chi connectivity index (χ1n) is 8.90. The molecule has 182 valence electrons. The highest BCUT2D eigenvalue weighted by Crippen LogP contribution is 2.12. The zero-order valence-corrected chi connectivity index (χ0v) is 17.0. The molecule has 0 saturated carbocycles. The highest BCUT2D eigenvalue weighted by atomic mass is 16.4. The van der Waals surface area contributed by atoms with Crippen molar-refractivity contribution in [2.24, 2.45) is 0 Å². The van der Waals surface area contributed by atoms with Gasteiger partial charge in [0.2, 0.25) is 0 Å². The van der Waals surface area contributed by atoms with Crippen molar-refractivity contribution in [1.82, 2.24) is 0 Å². The molecule has 0 aliphatic carbocycles. The molecule has 0 unspecified atom stereocenters. The van der Waals surface area contributed by atoms with E-state index in [1.807, 2.05) is 0 Å². The van der Waals surface area contributed by atoms with Crippen LogP contribution in [-0.4, -0.2) is 77.5 Å². The van der Waals surface area contributed by atoms with Crippen LogP contribution >= 0.6 is 0 Å². The zero-order chi connectivity index (χ0) is 26.1. The number of rotatable bonds is 11. The average Bonchev–Trinajstić information content (AvgIpc) is 2.69. The highest BCUT2D eigenvalue weighted by Gasteiger charge is 2.17. The third-order valence-corrected chi connectivity index (χ3v) is 3.31. The smallest absolute Gasteiger partial charge is 0.336 e. The Balaban J connectivity index is 0. The van der Waals surface area contributed by atoms with Gasteiger partial charge in [-0.15, -0.1) is 0 Å². The molecule has 7 N–H and O–H groups in total. The number of unbranched alkanes of at least 4 members (excludes halogenated alkanes) is 1. The number of aliphatic carboxylic acids is 4. The summed E-state index contributed by atoms with van der Waals surface area (Å²) in [7, 11) is 0. The van der Waals surface area contributed by atoms with E-state index < -0.39 is 52.9 Å². The van der Waals surface area contributed by atoms with Crippen LogP contribution in [0.1, 0.15) is 69.6 Å². The number of hydrogen-bond acceptors (Lipinski definition) is 7. The van der Waals surface area contributed by atoms with Gasteiger partial charge in [-0.05, 0) is 31.0 Å². The molecule has 14 nitrogen and oxygen atoms in total. The Labute approximate surface area is 185 Å². The van der Waals surface area contributed by atoms with Crippen LogP contribution in [-0.2, 0) is 19.2 Å². The molecule has 14 heteroatoms. The van der Waals surface area contributed by atoms with Crippen LogP contribution in [0.2, 0.25) is 0 Å². The van der Waals surface area contributed by atoms with E-state index in [2.05, 4.69) is 0 Å². The van der Waals surface area contributed by atoms with Crippen LogP contribution in [0.25, 0.3) is 0 Å². The quantitative estimate of drug-likeness (QED) is 0.224. The van der Waals surface area contributed by atoms with E-state index in [1.165, 1.54) is 0 Å². The standard InChI is InChI=1S/C9H6O6.C6H10O4.C4H6O4/c10-7(11)4-1-2-5(8(12)13)6(3-4)9(14)15;7-5(8)3-1-2-4-6(9)10;5-3(6)1-2-4(7)8/h1-3H,(H,10,11)(H,12,13)(H,14,15);1-4H2,(H,7,8)(H,9,10);1-2H2,(H,5,6)(H,7,8). The fourth-order valence-corrected chi connectivity index (χ4v) is 1.81. The molecule has 0 atom stereocenters. The highest BCUT2D eigenvalue weighted by molar-refractivity contribution is 6.03. The molecule has 0 radical (unpaired) electrons. The number of carbonyl (C=O) groups is 7. The molecule has 0 fully saturated rings. The Hall–Kier alpha value is -4.49. The van der Waals surface area contributed by atoms with Crippen LogP contribution in [0.4, 0.5) is 0 Å². The molecule has 0 aliphatic rings. The van der Waals surface area contributed by atoms with Crippen LogP contribution < -0.4 is 0 Å². The summed E-state index contributed by atoms with van der Waals surface area (Å²) in [4.78, 5) is 70.8. The number of carboxylic acid groups (broad SMARTS) is 7. The van der Waals surface area contributed by atoms with Gasteiger partial charge in [-0.1, -0.05) is 0 Å². The summed E-state index contributed by atoms with van der Waals surface area (Å²) in [5.41, 5.74) is -1.24. The van der Waals surface area contributed by atoms with E-state index in [-0.39, 0.29) is 31.2 Å². The van der Waals surface area contributed by atoms with Crippen LogP contribution in [0.15, 0.2) is 18.2 Å². The monoisotopic (exact) mass is 474 g/mol. The van der Waals surface area contributed by atoms with Crippen LogP contribution in [0.5, 0.6) is 0 Å². The third-order valence-electron chi connectivity index (χ3n) is 3.31. The summed E-state index contributed by atoms with van der Waals surface area (Å²) in [6, 6.07) is 2.81. The predicted molar refractivity (Wildman–Crippen MR) is 106 cm³/mol. The van der Waals surface area contributed by atoms with Gasteiger partial charge in [0.15, 0.2) is 0 Å². The summed E-state index contributed by atoms with van der Waals surface area (Å²) >= 11 is 0. The van der Waals surface area contributed by atoms with Gasteiger partial charge in [0, 0.05) is 12.8 Å². The number of hydrogen-bond donors (Lipinski definition) is 7. The minimum Gasteiger partial charge on any atom is -0.481 e. The van der Waals surface area contributed by atoms with Crippen LogP contribution in [0.3, 0.4) is 0 Å². The van der Waals surface area contributed by atoms with E-state index in [0.717, 1.165) is 18.2 Å². The summed E-state index contributed by atoms with van der Waals surface area (Å²) in [5.74, 6) is -8.09. The van der Waals surface area contributed by atoms with Gasteiger partial charge in [-0.2, -0.15) is 0 Å². The molecule has 0 heterocycles. The molecular formula is C19H22O14. The second-order valence-corrected chi connectivity index (χ2v) is 5.96. The lowest BCUT2D eigenvalue weighted by molar-refractivity contribution is -0.143. The molecular weight excluding hydrogens is 452 g/mol. The first-order chi connectivity index (χ1) is 15.2. The van der Waals surface area contributed by atoms with Crippen molar-refractivity contribution in [2.75, 3.05) is 0 Å². The molecule has 0 amide bonds. The molecule has 0 spiro atoms. The number of benzene rings is 1. The second kappa shape index (κ2) is 16.2. The van der Waals surface area contributed by atoms with Crippen molar-refractivity contribution in [3.63, 3.8) is 0 Å². The van der Waals surface area contributed by atoms with Gasteiger partial charge in [0.1, 0.15) is 0 Å². The topological polar surface area (TPSA) is 261 Å². The Bertz CT molecular complexity index is 856. The van der Waals surface area contributed by atoms with Crippen LogP contribution in [0, 0.1) is 0 Å². The summed E-state index contributed by atoms with van der Waals surface area (Å²) in [6.45, 7) is 0. The minimum atomic E-state index is -1.48. The average molecular weight is 474 g/mol. The lowest BCUT2D eigenvalue weighted by Gasteiger charge is -2.02. The van der Waals surface area contributed by atoms with Crippen molar-refractivity contribution in [1.29, 1.82) is 0 Å². The molecule has 33 heavy (non-hydrogen) atoms. The predicted octanol–water partition coefficient (Wildman–Crippen LogP) is 1.43. The number of aromatic carboxylic acids is 3. The second-order valence-electron chi connectivity index (χ2n) is 5.96. The van der Waals surface area contributed by atoms with Crippen molar-refractivity contribution in [3.05, 3.63) is 34.9 Å². The Morgan fingerprint density at radius 3 is 1.12 bits per heavy atom. The Morgan fingerprint density at radius 1 is 0.485 bits per heavy atom. The number of carboxylic acids is 7. The van der Waals surface area contributed by atoms with Gasteiger partial charge < -0.3 is 35.7 Å². The van der Waals surface area contributed by atoms with Crippen molar-refractivity contribution >= 4 is 41.8 Å². The van der Waals surface area contributed by atoms with E-state index >= 15 is 0 Å². The summed E-state index contributed by atoms with van der Waals surface area (Å²) < 4.78 is 0. The summed E-state index contributed by atoms with van der Waals surface area (Å²) in [5, 5.41) is 57.9. The molecule has 0 aromatic heterocycles. The first-order valence-corrected chi connectivity index (χ1v) is 8.90. The lowest BCUT2D eigenvalue weighted by atomic mass is 10.0. The lowest BCUT2D eigenvalue weighted by Crippen LogP contribution is -2.10. The SMILES string of the molecule is O=C(O)CCC(=O)O.O=C(O)CCCCC(=O)O.O=C(O)c1ccc(C(=O)O)c(C(=O)O)c1. The Morgan fingerprint density at radius 2 is 0.848 bits per heavy atom. The molecule has 0 aliphatic heterocycles. The normalized spacial score (nSPS) is 9.21. The molecule has 1 aromatic rings. The largest absolute Gasteiger partial charge is 0.481 e. The van der Waals surface area contributed by atoms with Gasteiger partial charge in [0.25, 0.3) is 0 Å². The van der Waals surface area contributed by atoms with Gasteiger partial charge >= 0.3 is 41.8 Å². The summed E-state index contributed by atoms with van der Waals surface area (Å²) in [6.07, 6.45) is 0.425. The Kier molecular flexibility index (Phi) is 15.1. The maximum atomic E-state index is 10.6. The van der Waals surface area contributed by atoms with E-state index in [9.17, 15) is 33.6 Å². The first kappa shape index (κ1) is 30.7. The minimum absolute atomic E-state index is 0.0628. The third kappa shape index (κ3) is 16.9. The van der Waals surface area contributed by atoms with Gasteiger partial charge in [-0.3, -0.25) is 19.2 Å². The van der Waals surface area contributed by atoms with E-state index in [4.69, 9.17) is 35.7 Å². The molecule has 0 bridgehead atoms.